The van der Waals surface area contributed by atoms with E-state index in [0.29, 0.717) is 11.1 Å². The van der Waals surface area contributed by atoms with Crippen molar-refractivity contribution in [2.24, 2.45) is 0 Å². The fraction of sp³-hybridized carbons (Fsp3) is 0.118. The number of hydrogen-bond donors (Lipinski definition) is 0. The van der Waals surface area contributed by atoms with Gasteiger partial charge in [0.15, 0.2) is 5.78 Å². The Bertz CT molecular complexity index is 778. The van der Waals surface area contributed by atoms with Gasteiger partial charge in [0.2, 0.25) is 0 Å². The topological polar surface area (TPSA) is 83.3 Å². The fourth-order valence-corrected chi connectivity index (χ4v) is 2.13. The van der Waals surface area contributed by atoms with Crippen LogP contribution in [-0.2, 0) is 0 Å². The van der Waals surface area contributed by atoms with Crippen molar-refractivity contribution in [3.63, 3.8) is 0 Å². The van der Waals surface area contributed by atoms with Crippen molar-refractivity contribution in [3.05, 3.63) is 74.8 Å². The summed E-state index contributed by atoms with van der Waals surface area (Å²) < 4.78 is 0. The molecule has 0 amide bonds. The summed E-state index contributed by atoms with van der Waals surface area (Å²) in [5.41, 5.74) is 2.46. The number of carbonyl (C=O) groups is 1. The molecule has 0 atom stereocenters. The van der Waals surface area contributed by atoms with Crippen molar-refractivity contribution in [2.75, 3.05) is 0 Å². The largest absolute Gasteiger partial charge is 0.868 e. The number of nitro groups is 1. The summed E-state index contributed by atoms with van der Waals surface area (Å²) in [5, 5.41) is 22.0. The van der Waals surface area contributed by atoms with Crippen LogP contribution >= 0.6 is 0 Å². The van der Waals surface area contributed by atoms with E-state index in [0.717, 1.165) is 23.3 Å². The highest BCUT2D eigenvalue weighted by Gasteiger charge is 2.08. The summed E-state index contributed by atoms with van der Waals surface area (Å²) in [6, 6.07) is 9.25. The summed E-state index contributed by atoms with van der Waals surface area (Å²) in [6.45, 7) is 3.80. The van der Waals surface area contributed by atoms with E-state index in [1.54, 1.807) is 6.07 Å². The van der Waals surface area contributed by atoms with Gasteiger partial charge in [-0.1, -0.05) is 42.0 Å². The average molecular weight is 296 g/mol. The summed E-state index contributed by atoms with van der Waals surface area (Å²) in [5.74, 6) is -0.839. The molecule has 2 aromatic carbocycles. The van der Waals surface area contributed by atoms with Crippen molar-refractivity contribution in [1.82, 2.24) is 0 Å². The molecule has 0 radical (unpaired) electrons. The SMILES string of the molecule is Cc1ccc(C(=O)/C=C/c2ccc([O-])c([N+](=O)[O-])c2)c(C)c1. The molecule has 0 aliphatic carbocycles. The minimum absolute atomic E-state index is 0.189. The van der Waals surface area contributed by atoms with E-state index in [9.17, 15) is 20.0 Å². The number of hydrogen-bond acceptors (Lipinski definition) is 4. The molecule has 112 valence electrons. The number of rotatable bonds is 4. The Balaban J connectivity index is 2.26. The van der Waals surface area contributed by atoms with E-state index in [2.05, 4.69) is 0 Å². The number of nitro benzene ring substituents is 1. The molecule has 5 heteroatoms. The first-order valence-corrected chi connectivity index (χ1v) is 6.63. The smallest absolute Gasteiger partial charge is 0.262 e. The molecule has 0 aromatic heterocycles. The molecule has 0 aliphatic rings. The van der Waals surface area contributed by atoms with Gasteiger partial charge in [-0.2, -0.15) is 0 Å². The molecule has 0 saturated carbocycles. The van der Waals surface area contributed by atoms with Crippen LogP contribution in [-0.4, -0.2) is 10.7 Å². The molecule has 5 nitrogen and oxygen atoms in total. The molecule has 0 unspecified atom stereocenters. The van der Waals surface area contributed by atoms with Crippen molar-refractivity contribution in [3.8, 4) is 5.75 Å². The minimum atomic E-state index is -0.731. The third kappa shape index (κ3) is 3.38. The van der Waals surface area contributed by atoms with E-state index in [-0.39, 0.29) is 5.78 Å². The quantitative estimate of drug-likeness (QED) is 0.375. The summed E-state index contributed by atoms with van der Waals surface area (Å²) in [7, 11) is 0. The van der Waals surface area contributed by atoms with Crippen LogP contribution in [0.2, 0.25) is 0 Å². The molecule has 2 rings (SSSR count). The zero-order valence-corrected chi connectivity index (χ0v) is 12.2. The van der Waals surface area contributed by atoms with Crippen LogP contribution in [0.3, 0.4) is 0 Å². The Labute approximate surface area is 127 Å². The standard InChI is InChI=1S/C17H15NO4/c1-11-3-6-14(12(2)9-11)16(19)7-4-13-5-8-17(20)15(10-13)18(21)22/h3-10,20H,1-2H3/p-1/b7-4+. The predicted octanol–water partition coefficient (Wildman–Crippen LogP) is 3.18. The van der Waals surface area contributed by atoms with Crippen molar-refractivity contribution in [1.29, 1.82) is 0 Å². The van der Waals surface area contributed by atoms with Crippen LogP contribution in [0.25, 0.3) is 6.08 Å². The van der Waals surface area contributed by atoms with Gasteiger partial charge in [-0.15, -0.1) is 0 Å². The second kappa shape index (κ2) is 6.22. The molecule has 0 spiro atoms. The van der Waals surface area contributed by atoms with E-state index < -0.39 is 16.4 Å². The molecule has 0 N–H and O–H groups in total. The lowest BCUT2D eigenvalue weighted by Gasteiger charge is -2.06. The molecule has 0 heterocycles. The Morgan fingerprint density at radius 3 is 2.50 bits per heavy atom. The monoisotopic (exact) mass is 296 g/mol. The highest BCUT2D eigenvalue weighted by atomic mass is 16.6. The lowest BCUT2D eigenvalue weighted by Crippen LogP contribution is -1.99. The first-order chi connectivity index (χ1) is 10.4. The lowest BCUT2D eigenvalue weighted by atomic mass is 10.0. The summed E-state index contributed by atoms with van der Waals surface area (Å²) >= 11 is 0. The van der Waals surface area contributed by atoms with Crippen LogP contribution < -0.4 is 5.11 Å². The second-order valence-corrected chi connectivity index (χ2v) is 5.00. The molecule has 22 heavy (non-hydrogen) atoms. The number of aryl methyl sites for hydroxylation is 2. The summed E-state index contributed by atoms with van der Waals surface area (Å²) in [6.07, 6.45) is 2.81. The Morgan fingerprint density at radius 2 is 1.86 bits per heavy atom. The third-order valence-electron chi connectivity index (χ3n) is 3.25. The zero-order chi connectivity index (χ0) is 16.3. The van der Waals surface area contributed by atoms with E-state index in [1.807, 2.05) is 26.0 Å². The first kappa shape index (κ1) is 15.4. The van der Waals surface area contributed by atoms with Gasteiger partial charge in [0.05, 0.1) is 4.92 Å². The van der Waals surface area contributed by atoms with Gasteiger partial charge in [0.25, 0.3) is 5.69 Å². The molecule has 0 aliphatic heterocycles. The van der Waals surface area contributed by atoms with Crippen molar-refractivity contribution >= 4 is 17.5 Å². The van der Waals surface area contributed by atoms with Crippen LogP contribution in [0.5, 0.6) is 5.75 Å². The van der Waals surface area contributed by atoms with Crippen LogP contribution in [0.15, 0.2) is 42.5 Å². The maximum Gasteiger partial charge on any atom is 0.262 e. The molecule has 0 bridgehead atoms. The molecular formula is C17H14NO4-. The van der Waals surface area contributed by atoms with Gasteiger partial charge in [-0.3, -0.25) is 14.9 Å². The van der Waals surface area contributed by atoms with Gasteiger partial charge >= 0.3 is 0 Å². The van der Waals surface area contributed by atoms with Gasteiger partial charge in [0, 0.05) is 11.6 Å². The molecule has 2 aromatic rings. The highest BCUT2D eigenvalue weighted by Crippen LogP contribution is 2.24. The van der Waals surface area contributed by atoms with Crippen LogP contribution in [0.4, 0.5) is 5.69 Å². The van der Waals surface area contributed by atoms with Crippen molar-refractivity contribution < 1.29 is 14.8 Å². The van der Waals surface area contributed by atoms with Crippen LogP contribution in [0.1, 0.15) is 27.0 Å². The number of nitrogens with zero attached hydrogens (tertiary/aromatic N) is 1. The van der Waals surface area contributed by atoms with Crippen LogP contribution in [0, 0.1) is 24.0 Å². The zero-order valence-electron chi connectivity index (χ0n) is 12.2. The third-order valence-corrected chi connectivity index (χ3v) is 3.25. The van der Waals surface area contributed by atoms with Gasteiger partial charge < -0.3 is 5.11 Å². The van der Waals surface area contributed by atoms with Gasteiger partial charge in [-0.05, 0) is 36.8 Å². The van der Waals surface area contributed by atoms with E-state index in [1.165, 1.54) is 18.2 Å². The Hall–Kier alpha value is -2.95. The molecule has 0 fully saturated rings. The minimum Gasteiger partial charge on any atom is -0.868 e. The molecular weight excluding hydrogens is 282 g/mol. The van der Waals surface area contributed by atoms with E-state index in [4.69, 9.17) is 0 Å². The Morgan fingerprint density at radius 1 is 1.14 bits per heavy atom. The molecule has 0 saturated heterocycles. The maximum absolute atomic E-state index is 12.2. The highest BCUT2D eigenvalue weighted by molar-refractivity contribution is 6.07. The first-order valence-electron chi connectivity index (χ1n) is 6.63. The Kier molecular flexibility index (Phi) is 4.36. The predicted molar refractivity (Wildman–Crippen MR) is 81.8 cm³/mol. The van der Waals surface area contributed by atoms with Gasteiger partial charge in [0.1, 0.15) is 0 Å². The normalized spacial score (nSPS) is 10.8. The summed E-state index contributed by atoms with van der Waals surface area (Å²) in [4.78, 5) is 22.1. The fourth-order valence-electron chi connectivity index (χ4n) is 2.13. The second-order valence-electron chi connectivity index (χ2n) is 5.00. The average Bonchev–Trinajstić information content (AvgIpc) is 2.45. The lowest BCUT2D eigenvalue weighted by molar-refractivity contribution is -0.398. The maximum atomic E-state index is 12.2. The van der Waals surface area contributed by atoms with Crippen molar-refractivity contribution in [2.45, 2.75) is 13.8 Å². The number of benzene rings is 2. The van der Waals surface area contributed by atoms with E-state index >= 15 is 0 Å². The van der Waals surface area contributed by atoms with Gasteiger partial charge in [-0.25, -0.2) is 0 Å². The number of allylic oxidation sites excluding steroid dienone is 1. The number of carbonyl (C=O) groups excluding carboxylic acids is 1. The number of ketones is 1.